The molecule has 0 aliphatic rings. The molecule has 19 heavy (non-hydrogen) atoms. The smallest absolute Gasteiger partial charge is 0.261 e. The predicted molar refractivity (Wildman–Crippen MR) is 78.9 cm³/mol. The first-order valence-electron chi connectivity index (χ1n) is 5.91. The van der Waals surface area contributed by atoms with Gasteiger partial charge in [-0.3, -0.25) is 9.00 Å². The molecule has 1 atom stereocenters. The van der Waals surface area contributed by atoms with Gasteiger partial charge in [-0.1, -0.05) is 18.8 Å². The van der Waals surface area contributed by atoms with Crippen molar-refractivity contribution in [2.45, 2.75) is 13.8 Å². The van der Waals surface area contributed by atoms with Crippen molar-refractivity contribution in [3.63, 3.8) is 0 Å². The summed E-state index contributed by atoms with van der Waals surface area (Å²) in [5.74, 6) is 6.29. The Morgan fingerprint density at radius 1 is 1.58 bits per heavy atom. The van der Waals surface area contributed by atoms with E-state index in [1.807, 2.05) is 13.8 Å². The zero-order valence-electron chi connectivity index (χ0n) is 11.0. The van der Waals surface area contributed by atoms with Crippen LogP contribution < -0.4 is 5.32 Å². The molecule has 4 nitrogen and oxygen atoms in total. The van der Waals surface area contributed by atoms with Crippen LogP contribution in [0.2, 0.25) is 0 Å². The van der Waals surface area contributed by atoms with Gasteiger partial charge < -0.3 is 10.4 Å². The molecule has 2 N–H and O–H groups in total. The first-order chi connectivity index (χ1) is 9.08. The second-order valence-corrected chi connectivity index (χ2v) is 6.69. The van der Waals surface area contributed by atoms with Crippen LogP contribution in [0.1, 0.15) is 27.0 Å². The summed E-state index contributed by atoms with van der Waals surface area (Å²) in [4.78, 5) is 13.2. The molecule has 6 heteroatoms. The van der Waals surface area contributed by atoms with E-state index in [0.717, 1.165) is 10.4 Å². The number of aliphatic hydroxyl groups is 1. The molecule has 0 radical (unpaired) electrons. The van der Waals surface area contributed by atoms with Gasteiger partial charge in [0.2, 0.25) is 0 Å². The topological polar surface area (TPSA) is 66.4 Å². The van der Waals surface area contributed by atoms with Gasteiger partial charge in [-0.15, -0.1) is 11.3 Å². The van der Waals surface area contributed by atoms with E-state index in [4.69, 9.17) is 5.11 Å². The van der Waals surface area contributed by atoms with Crippen LogP contribution in [0.15, 0.2) is 6.07 Å². The zero-order valence-corrected chi connectivity index (χ0v) is 12.6. The fraction of sp³-hybridized carbons (Fsp3) is 0.462. The van der Waals surface area contributed by atoms with Gasteiger partial charge in [-0.05, 0) is 18.6 Å². The van der Waals surface area contributed by atoms with Crippen LogP contribution in [0.25, 0.3) is 0 Å². The molecule has 0 saturated carbocycles. The molecule has 0 aromatic carbocycles. The van der Waals surface area contributed by atoms with Gasteiger partial charge in [0.1, 0.15) is 6.61 Å². The monoisotopic (exact) mass is 299 g/mol. The van der Waals surface area contributed by atoms with Gasteiger partial charge in [0.25, 0.3) is 5.91 Å². The Kier molecular flexibility index (Phi) is 6.78. The van der Waals surface area contributed by atoms with Gasteiger partial charge in [0, 0.05) is 28.9 Å². The van der Waals surface area contributed by atoms with E-state index in [1.54, 1.807) is 6.07 Å². The first kappa shape index (κ1) is 15.9. The number of aryl methyl sites for hydroxylation is 1. The highest BCUT2D eigenvalue weighted by Crippen LogP contribution is 2.20. The third kappa shape index (κ3) is 5.15. The van der Waals surface area contributed by atoms with Crippen LogP contribution in [0.4, 0.5) is 0 Å². The standard InChI is InChI=1S/C13H17NO3S2/c1-3-19(17)8-6-14-13(16)12-9-10(2)11(18-12)5-4-7-15/h9,15H,3,6-8H2,1-2H3,(H,14,16). The highest BCUT2D eigenvalue weighted by molar-refractivity contribution is 7.84. The van der Waals surface area contributed by atoms with Crippen LogP contribution >= 0.6 is 11.3 Å². The first-order valence-corrected chi connectivity index (χ1v) is 8.22. The highest BCUT2D eigenvalue weighted by Gasteiger charge is 2.11. The average Bonchev–Trinajstić information content (AvgIpc) is 2.77. The van der Waals surface area contributed by atoms with Crippen molar-refractivity contribution in [1.29, 1.82) is 0 Å². The number of hydrogen-bond donors (Lipinski definition) is 2. The molecule has 0 saturated heterocycles. The molecule has 0 spiro atoms. The molecule has 1 unspecified atom stereocenters. The van der Waals surface area contributed by atoms with Crippen molar-refractivity contribution in [2.24, 2.45) is 0 Å². The number of hydrogen-bond acceptors (Lipinski definition) is 4. The number of thiophene rings is 1. The van der Waals surface area contributed by atoms with E-state index < -0.39 is 10.8 Å². The number of nitrogens with one attached hydrogen (secondary N) is 1. The molecule has 1 rings (SSSR count). The number of carbonyl (C=O) groups is 1. The van der Waals surface area contributed by atoms with Crippen molar-refractivity contribution in [2.75, 3.05) is 24.7 Å². The Bertz CT molecular complexity index is 526. The summed E-state index contributed by atoms with van der Waals surface area (Å²) >= 11 is 1.30. The minimum atomic E-state index is -0.865. The van der Waals surface area contributed by atoms with Crippen LogP contribution in [-0.2, 0) is 10.8 Å². The van der Waals surface area contributed by atoms with E-state index in [-0.39, 0.29) is 12.5 Å². The van der Waals surface area contributed by atoms with Gasteiger partial charge >= 0.3 is 0 Å². The van der Waals surface area contributed by atoms with Gasteiger partial charge in [-0.2, -0.15) is 0 Å². The Morgan fingerprint density at radius 3 is 2.95 bits per heavy atom. The maximum absolute atomic E-state index is 11.9. The maximum atomic E-state index is 11.9. The minimum absolute atomic E-state index is 0.168. The molecule has 0 bridgehead atoms. The molecule has 1 heterocycles. The van der Waals surface area contributed by atoms with E-state index in [2.05, 4.69) is 17.2 Å². The van der Waals surface area contributed by atoms with Crippen molar-refractivity contribution < 1.29 is 14.1 Å². The Hall–Kier alpha value is -1.16. The van der Waals surface area contributed by atoms with Crippen molar-refractivity contribution in [1.82, 2.24) is 5.32 Å². The molecule has 1 aromatic rings. The van der Waals surface area contributed by atoms with Crippen LogP contribution in [0, 0.1) is 18.8 Å². The molecule has 1 aromatic heterocycles. The Balaban J connectivity index is 2.60. The predicted octanol–water partition coefficient (Wildman–Crippen LogP) is 0.899. The number of amides is 1. The fourth-order valence-corrected chi connectivity index (χ4v) is 2.93. The second kappa shape index (κ2) is 8.10. The van der Waals surface area contributed by atoms with Gasteiger partial charge in [-0.25, -0.2) is 0 Å². The summed E-state index contributed by atoms with van der Waals surface area (Å²) in [6, 6.07) is 1.78. The molecule has 0 fully saturated rings. The van der Waals surface area contributed by atoms with Crippen molar-refractivity contribution in [3.8, 4) is 11.8 Å². The molecular formula is C13H17NO3S2. The fourth-order valence-electron chi connectivity index (χ4n) is 1.35. The van der Waals surface area contributed by atoms with Crippen LogP contribution in [-0.4, -0.2) is 39.9 Å². The van der Waals surface area contributed by atoms with Crippen molar-refractivity contribution >= 4 is 28.0 Å². The number of aliphatic hydroxyl groups excluding tert-OH is 1. The molecule has 0 aliphatic carbocycles. The zero-order chi connectivity index (χ0) is 14.3. The van der Waals surface area contributed by atoms with E-state index in [0.29, 0.717) is 22.9 Å². The van der Waals surface area contributed by atoms with E-state index in [1.165, 1.54) is 11.3 Å². The summed E-state index contributed by atoms with van der Waals surface area (Å²) in [6.07, 6.45) is 0. The molecule has 1 amide bonds. The lowest BCUT2D eigenvalue weighted by atomic mass is 10.2. The normalized spacial score (nSPS) is 11.5. The SMILES string of the molecule is CCS(=O)CCNC(=O)c1cc(C)c(C#CCO)s1. The lowest BCUT2D eigenvalue weighted by molar-refractivity contribution is 0.0960. The quantitative estimate of drug-likeness (QED) is 0.794. The third-order valence-electron chi connectivity index (χ3n) is 2.36. The summed E-state index contributed by atoms with van der Waals surface area (Å²) in [5, 5.41) is 11.4. The molecular weight excluding hydrogens is 282 g/mol. The highest BCUT2D eigenvalue weighted by atomic mass is 32.2. The molecule has 0 aliphatic heterocycles. The summed E-state index contributed by atoms with van der Waals surface area (Å²) in [7, 11) is -0.865. The van der Waals surface area contributed by atoms with Gasteiger partial charge in [0.05, 0.1) is 9.75 Å². The van der Waals surface area contributed by atoms with E-state index in [9.17, 15) is 9.00 Å². The van der Waals surface area contributed by atoms with Crippen LogP contribution in [0.5, 0.6) is 0 Å². The summed E-state index contributed by atoms with van der Waals surface area (Å²) in [6.45, 7) is 3.95. The lowest BCUT2D eigenvalue weighted by Crippen LogP contribution is -2.27. The Labute approximate surface area is 119 Å². The number of rotatable bonds is 5. The second-order valence-electron chi connectivity index (χ2n) is 3.77. The maximum Gasteiger partial charge on any atom is 0.261 e. The summed E-state index contributed by atoms with van der Waals surface area (Å²) < 4.78 is 11.2. The minimum Gasteiger partial charge on any atom is -0.384 e. The largest absolute Gasteiger partial charge is 0.384 e. The van der Waals surface area contributed by atoms with Crippen LogP contribution in [0.3, 0.4) is 0 Å². The van der Waals surface area contributed by atoms with Crippen molar-refractivity contribution in [3.05, 3.63) is 21.4 Å². The average molecular weight is 299 g/mol. The lowest BCUT2D eigenvalue weighted by Gasteiger charge is -2.02. The van der Waals surface area contributed by atoms with Gasteiger partial charge in [0.15, 0.2) is 0 Å². The third-order valence-corrected chi connectivity index (χ3v) is 4.81. The number of carbonyl (C=O) groups excluding carboxylic acids is 1. The van der Waals surface area contributed by atoms with E-state index >= 15 is 0 Å². The molecule has 104 valence electrons. The summed E-state index contributed by atoms with van der Waals surface area (Å²) in [5.41, 5.74) is 0.924. The Morgan fingerprint density at radius 2 is 2.32 bits per heavy atom.